The van der Waals surface area contributed by atoms with Gasteiger partial charge in [0, 0.05) is 12.2 Å². The van der Waals surface area contributed by atoms with Gasteiger partial charge in [-0.25, -0.2) is 0 Å². The van der Waals surface area contributed by atoms with Crippen molar-refractivity contribution in [1.29, 1.82) is 0 Å². The molecular formula is C12H21N. The Kier molecular flexibility index (Phi) is 2.84. The SMILES string of the molecule is CC(C)C1=CNC(C(C)(C)C)C=C1. The van der Waals surface area contributed by atoms with Crippen molar-refractivity contribution in [3.8, 4) is 0 Å². The highest BCUT2D eigenvalue weighted by Gasteiger charge is 2.22. The highest BCUT2D eigenvalue weighted by Crippen LogP contribution is 2.24. The Bertz CT molecular complexity index is 228. The standard InChI is InChI=1S/C12H21N/c1-9(2)10-6-7-11(13-8-10)12(3,4)5/h6-9,11,13H,1-5H3. The summed E-state index contributed by atoms with van der Waals surface area (Å²) in [5.74, 6) is 0.615. The summed E-state index contributed by atoms with van der Waals surface area (Å²) in [5.41, 5.74) is 1.69. The van der Waals surface area contributed by atoms with Crippen LogP contribution in [0.15, 0.2) is 23.9 Å². The highest BCUT2D eigenvalue weighted by molar-refractivity contribution is 5.26. The van der Waals surface area contributed by atoms with Gasteiger partial charge in [-0.05, 0) is 16.9 Å². The van der Waals surface area contributed by atoms with E-state index in [0.29, 0.717) is 17.4 Å². The molecule has 0 saturated carbocycles. The van der Waals surface area contributed by atoms with Gasteiger partial charge in [-0.2, -0.15) is 0 Å². The molecule has 0 amide bonds. The molecule has 0 spiro atoms. The maximum Gasteiger partial charge on any atom is 0.0490 e. The maximum absolute atomic E-state index is 3.44. The van der Waals surface area contributed by atoms with Crippen LogP contribution in [0.1, 0.15) is 34.6 Å². The number of dihydropyridines is 1. The summed E-state index contributed by atoms with van der Waals surface area (Å²) in [7, 11) is 0. The number of nitrogens with one attached hydrogen (secondary N) is 1. The van der Waals surface area contributed by atoms with Crippen molar-refractivity contribution in [1.82, 2.24) is 5.32 Å². The molecule has 1 unspecified atom stereocenters. The van der Waals surface area contributed by atoms with Crippen molar-refractivity contribution in [3.05, 3.63) is 23.9 Å². The van der Waals surface area contributed by atoms with E-state index in [1.165, 1.54) is 5.57 Å². The molecule has 0 aromatic carbocycles. The first-order valence-electron chi connectivity index (χ1n) is 5.05. The van der Waals surface area contributed by atoms with E-state index < -0.39 is 0 Å². The van der Waals surface area contributed by atoms with E-state index in [2.05, 4.69) is 58.3 Å². The lowest BCUT2D eigenvalue weighted by atomic mass is 9.84. The Balaban J connectivity index is 2.64. The second kappa shape index (κ2) is 3.57. The van der Waals surface area contributed by atoms with Crippen molar-refractivity contribution in [2.24, 2.45) is 11.3 Å². The van der Waals surface area contributed by atoms with Crippen LogP contribution in [0.25, 0.3) is 0 Å². The maximum atomic E-state index is 3.44. The fourth-order valence-electron chi connectivity index (χ4n) is 1.39. The molecule has 1 heterocycles. The molecule has 1 nitrogen and oxygen atoms in total. The topological polar surface area (TPSA) is 12.0 Å². The summed E-state index contributed by atoms with van der Waals surface area (Å²) in [6.07, 6.45) is 6.67. The van der Waals surface area contributed by atoms with Crippen LogP contribution in [0.4, 0.5) is 0 Å². The van der Waals surface area contributed by atoms with Crippen LogP contribution in [0, 0.1) is 11.3 Å². The lowest BCUT2D eigenvalue weighted by Gasteiger charge is -2.31. The second-order valence-electron chi connectivity index (χ2n) is 5.17. The van der Waals surface area contributed by atoms with Crippen LogP contribution in [-0.4, -0.2) is 6.04 Å². The monoisotopic (exact) mass is 179 g/mol. The third-order valence-corrected chi connectivity index (χ3v) is 2.51. The van der Waals surface area contributed by atoms with E-state index in [-0.39, 0.29) is 0 Å². The second-order valence-corrected chi connectivity index (χ2v) is 5.17. The molecule has 1 atom stereocenters. The van der Waals surface area contributed by atoms with Gasteiger partial charge in [-0.1, -0.05) is 46.8 Å². The van der Waals surface area contributed by atoms with Gasteiger partial charge in [0.15, 0.2) is 0 Å². The van der Waals surface area contributed by atoms with Crippen LogP contribution >= 0.6 is 0 Å². The van der Waals surface area contributed by atoms with Gasteiger partial charge in [0.1, 0.15) is 0 Å². The van der Waals surface area contributed by atoms with Crippen LogP contribution in [0.2, 0.25) is 0 Å². The normalized spacial score (nSPS) is 22.9. The van der Waals surface area contributed by atoms with Gasteiger partial charge >= 0.3 is 0 Å². The first-order chi connectivity index (χ1) is 5.91. The van der Waals surface area contributed by atoms with Gasteiger partial charge in [0.2, 0.25) is 0 Å². The molecule has 1 rings (SSSR count). The summed E-state index contributed by atoms with van der Waals surface area (Å²) in [5, 5.41) is 3.44. The molecule has 1 aliphatic heterocycles. The molecule has 13 heavy (non-hydrogen) atoms. The van der Waals surface area contributed by atoms with Gasteiger partial charge in [0.05, 0.1) is 0 Å². The Labute approximate surface area is 81.9 Å². The fraction of sp³-hybridized carbons (Fsp3) is 0.667. The minimum Gasteiger partial charge on any atom is -0.384 e. The Morgan fingerprint density at radius 1 is 1.31 bits per heavy atom. The summed E-state index contributed by atoms with van der Waals surface area (Å²) in [4.78, 5) is 0. The van der Waals surface area contributed by atoms with Gasteiger partial charge in [-0.15, -0.1) is 0 Å². The van der Waals surface area contributed by atoms with E-state index in [0.717, 1.165) is 0 Å². The molecule has 1 N–H and O–H groups in total. The number of hydrogen-bond donors (Lipinski definition) is 1. The Morgan fingerprint density at radius 2 is 1.92 bits per heavy atom. The van der Waals surface area contributed by atoms with E-state index in [1.807, 2.05) is 0 Å². The zero-order valence-corrected chi connectivity index (χ0v) is 9.39. The highest BCUT2D eigenvalue weighted by atomic mass is 14.9. The predicted molar refractivity (Wildman–Crippen MR) is 58.4 cm³/mol. The lowest BCUT2D eigenvalue weighted by Crippen LogP contribution is -2.37. The zero-order valence-electron chi connectivity index (χ0n) is 9.39. The van der Waals surface area contributed by atoms with E-state index in [4.69, 9.17) is 0 Å². The molecular weight excluding hydrogens is 158 g/mol. The number of allylic oxidation sites excluding steroid dienone is 2. The molecule has 74 valence electrons. The zero-order chi connectivity index (χ0) is 10.1. The molecule has 0 aliphatic carbocycles. The van der Waals surface area contributed by atoms with E-state index in [9.17, 15) is 0 Å². The van der Waals surface area contributed by atoms with E-state index in [1.54, 1.807) is 0 Å². The number of rotatable bonds is 1. The Morgan fingerprint density at radius 3 is 2.23 bits per heavy atom. The van der Waals surface area contributed by atoms with Crippen molar-refractivity contribution in [2.75, 3.05) is 0 Å². The quantitative estimate of drug-likeness (QED) is 0.652. The average Bonchev–Trinajstić information content (AvgIpc) is 2.03. The predicted octanol–water partition coefficient (Wildman–Crippen LogP) is 3.10. The average molecular weight is 179 g/mol. The third-order valence-electron chi connectivity index (χ3n) is 2.51. The largest absolute Gasteiger partial charge is 0.384 e. The van der Waals surface area contributed by atoms with E-state index >= 15 is 0 Å². The minimum absolute atomic E-state index is 0.301. The number of hydrogen-bond acceptors (Lipinski definition) is 1. The summed E-state index contributed by atoms with van der Waals surface area (Å²) in [6.45, 7) is 11.2. The van der Waals surface area contributed by atoms with Gasteiger partial charge < -0.3 is 5.32 Å². The molecule has 0 radical (unpaired) electrons. The molecule has 0 bridgehead atoms. The van der Waals surface area contributed by atoms with Gasteiger partial charge in [-0.3, -0.25) is 0 Å². The first-order valence-corrected chi connectivity index (χ1v) is 5.05. The first kappa shape index (κ1) is 10.4. The third kappa shape index (κ3) is 2.61. The fourth-order valence-corrected chi connectivity index (χ4v) is 1.39. The summed E-state index contributed by atoms with van der Waals surface area (Å²) < 4.78 is 0. The van der Waals surface area contributed by atoms with Crippen LogP contribution in [0.5, 0.6) is 0 Å². The smallest absolute Gasteiger partial charge is 0.0490 e. The van der Waals surface area contributed by atoms with Crippen molar-refractivity contribution in [3.63, 3.8) is 0 Å². The van der Waals surface area contributed by atoms with Crippen LogP contribution in [-0.2, 0) is 0 Å². The molecule has 1 aliphatic rings. The molecule has 0 aromatic heterocycles. The minimum atomic E-state index is 0.301. The van der Waals surface area contributed by atoms with Gasteiger partial charge in [0.25, 0.3) is 0 Å². The lowest BCUT2D eigenvalue weighted by molar-refractivity contribution is 0.333. The molecule has 0 fully saturated rings. The van der Waals surface area contributed by atoms with Crippen molar-refractivity contribution in [2.45, 2.75) is 40.7 Å². The molecule has 0 saturated heterocycles. The van der Waals surface area contributed by atoms with Crippen LogP contribution in [0.3, 0.4) is 0 Å². The van der Waals surface area contributed by atoms with Crippen molar-refractivity contribution < 1.29 is 0 Å². The Hall–Kier alpha value is -0.720. The van der Waals surface area contributed by atoms with Crippen molar-refractivity contribution >= 4 is 0 Å². The summed E-state index contributed by atoms with van der Waals surface area (Å²) >= 11 is 0. The van der Waals surface area contributed by atoms with Crippen LogP contribution < -0.4 is 5.32 Å². The molecule has 1 heteroatoms. The molecule has 0 aromatic rings. The summed E-state index contributed by atoms with van der Waals surface area (Å²) in [6, 6.07) is 0.468.